The van der Waals surface area contributed by atoms with Gasteiger partial charge in [-0.3, -0.25) is 4.79 Å². The summed E-state index contributed by atoms with van der Waals surface area (Å²) in [4.78, 5) is 29.8. The van der Waals surface area contributed by atoms with E-state index >= 15 is 0 Å². The van der Waals surface area contributed by atoms with Gasteiger partial charge in [-0.1, -0.05) is 0 Å². The number of nitrogens with one attached hydrogen (secondary N) is 1. The summed E-state index contributed by atoms with van der Waals surface area (Å²) in [6.07, 6.45) is 6.36. The molecule has 0 radical (unpaired) electrons. The second kappa shape index (κ2) is 7.64. The van der Waals surface area contributed by atoms with E-state index < -0.39 is 0 Å². The minimum Gasteiger partial charge on any atom is -0.378 e. The highest BCUT2D eigenvalue weighted by Crippen LogP contribution is 2.23. The maximum absolute atomic E-state index is 10.5. The van der Waals surface area contributed by atoms with Gasteiger partial charge in [-0.25, -0.2) is 19.9 Å². The van der Waals surface area contributed by atoms with Crippen molar-refractivity contribution >= 4 is 18.3 Å². The van der Waals surface area contributed by atoms with Crippen LogP contribution in [0, 0.1) is 0 Å². The molecule has 9 heteroatoms. The van der Waals surface area contributed by atoms with E-state index in [2.05, 4.69) is 25.2 Å². The van der Waals surface area contributed by atoms with Crippen molar-refractivity contribution < 1.29 is 9.53 Å². The minimum atomic E-state index is 0.213. The first-order valence-corrected chi connectivity index (χ1v) is 7.71. The summed E-state index contributed by atoms with van der Waals surface area (Å²) in [7, 11) is 0. The third-order valence-corrected chi connectivity index (χ3v) is 3.71. The lowest BCUT2D eigenvalue weighted by molar-refractivity contribution is -0.109. The number of rotatable bonds is 6. The third-order valence-electron chi connectivity index (χ3n) is 3.71. The lowest BCUT2D eigenvalue weighted by Crippen LogP contribution is -2.37. The fraction of sp³-hybridized carbons (Fsp3) is 0.400. The van der Waals surface area contributed by atoms with Gasteiger partial charge in [0.25, 0.3) is 0 Å². The molecule has 3 rings (SSSR count). The van der Waals surface area contributed by atoms with Crippen molar-refractivity contribution in [3.05, 3.63) is 24.2 Å². The minimum absolute atomic E-state index is 0.213. The van der Waals surface area contributed by atoms with E-state index in [1.165, 1.54) is 0 Å². The summed E-state index contributed by atoms with van der Waals surface area (Å²) >= 11 is 0. The molecule has 0 unspecified atom stereocenters. The number of morpholine rings is 1. The van der Waals surface area contributed by atoms with E-state index in [-0.39, 0.29) is 5.95 Å². The molecular formula is C15H19N7O2. The standard InChI is InChI=1S/C15H19N7O2/c16-14-18-8-12(9-19-14)13-11(1-2-17-10-23)7-20-15(21-13)22-3-5-24-6-4-22/h7-10H,1-6H2,(H,17,23)(H2,16,18,19). The Kier molecular flexibility index (Phi) is 5.12. The van der Waals surface area contributed by atoms with Crippen molar-refractivity contribution in [2.45, 2.75) is 6.42 Å². The Morgan fingerprint density at radius 1 is 1.21 bits per heavy atom. The molecule has 0 spiro atoms. The Balaban J connectivity index is 1.93. The molecular weight excluding hydrogens is 310 g/mol. The van der Waals surface area contributed by atoms with Crippen LogP contribution in [0.1, 0.15) is 5.56 Å². The molecule has 2 aromatic heterocycles. The summed E-state index contributed by atoms with van der Waals surface area (Å²) in [6, 6.07) is 0. The van der Waals surface area contributed by atoms with Gasteiger partial charge in [0.2, 0.25) is 18.3 Å². The van der Waals surface area contributed by atoms with Crippen molar-refractivity contribution in [3.63, 3.8) is 0 Å². The molecule has 0 bridgehead atoms. The molecule has 3 heterocycles. The first-order valence-electron chi connectivity index (χ1n) is 7.71. The van der Waals surface area contributed by atoms with Gasteiger partial charge >= 0.3 is 0 Å². The molecule has 0 saturated carbocycles. The molecule has 0 aliphatic carbocycles. The lowest BCUT2D eigenvalue weighted by Gasteiger charge is -2.27. The number of nitrogen functional groups attached to an aromatic ring is 1. The van der Waals surface area contributed by atoms with Crippen molar-refractivity contribution in [2.75, 3.05) is 43.5 Å². The van der Waals surface area contributed by atoms with Crippen molar-refractivity contribution in [3.8, 4) is 11.3 Å². The van der Waals surface area contributed by atoms with Gasteiger partial charge in [-0.2, -0.15) is 0 Å². The largest absolute Gasteiger partial charge is 0.378 e. The second-order valence-corrected chi connectivity index (χ2v) is 5.30. The summed E-state index contributed by atoms with van der Waals surface area (Å²) in [6.45, 7) is 3.34. The Morgan fingerprint density at radius 3 is 2.67 bits per heavy atom. The van der Waals surface area contributed by atoms with Gasteiger partial charge in [0.15, 0.2) is 0 Å². The smallest absolute Gasteiger partial charge is 0.226 e. The second-order valence-electron chi connectivity index (χ2n) is 5.30. The van der Waals surface area contributed by atoms with Crippen LogP contribution in [0.4, 0.5) is 11.9 Å². The Bertz CT molecular complexity index is 687. The molecule has 3 N–H and O–H groups in total. The quantitative estimate of drug-likeness (QED) is 0.545. The first kappa shape index (κ1) is 16.1. The van der Waals surface area contributed by atoms with Crippen LogP contribution in [0.5, 0.6) is 0 Å². The average molecular weight is 329 g/mol. The number of hydrogen-bond donors (Lipinski definition) is 2. The van der Waals surface area contributed by atoms with Crippen LogP contribution in [0.25, 0.3) is 11.3 Å². The normalized spacial score (nSPS) is 14.4. The van der Waals surface area contributed by atoms with E-state index in [1.54, 1.807) is 18.6 Å². The summed E-state index contributed by atoms with van der Waals surface area (Å²) in [5.41, 5.74) is 7.99. The maximum Gasteiger partial charge on any atom is 0.226 e. The Morgan fingerprint density at radius 2 is 1.96 bits per heavy atom. The first-order chi connectivity index (χ1) is 11.8. The predicted octanol–water partition coefficient (Wildman–Crippen LogP) is -0.359. The monoisotopic (exact) mass is 329 g/mol. The zero-order chi connectivity index (χ0) is 16.8. The predicted molar refractivity (Wildman–Crippen MR) is 88.3 cm³/mol. The SMILES string of the molecule is Nc1ncc(-c2nc(N3CCOCC3)ncc2CCNC=O)cn1. The number of carbonyl (C=O) groups excluding carboxylic acids is 1. The number of hydrogen-bond acceptors (Lipinski definition) is 8. The van der Waals surface area contributed by atoms with Crippen molar-refractivity contribution in [1.82, 2.24) is 25.3 Å². The molecule has 1 aliphatic rings. The highest BCUT2D eigenvalue weighted by molar-refractivity contribution is 5.63. The Hall–Kier alpha value is -2.81. The number of aromatic nitrogens is 4. The highest BCUT2D eigenvalue weighted by Gasteiger charge is 2.17. The third kappa shape index (κ3) is 3.74. The average Bonchev–Trinajstić information content (AvgIpc) is 2.64. The zero-order valence-corrected chi connectivity index (χ0v) is 13.2. The zero-order valence-electron chi connectivity index (χ0n) is 13.2. The molecule has 24 heavy (non-hydrogen) atoms. The number of anilines is 2. The van der Waals surface area contributed by atoms with Gasteiger partial charge in [0, 0.05) is 43.8 Å². The summed E-state index contributed by atoms with van der Waals surface area (Å²) in [5.74, 6) is 0.864. The molecule has 1 fully saturated rings. The van der Waals surface area contributed by atoms with Crippen LogP contribution in [0.2, 0.25) is 0 Å². The molecule has 0 aromatic carbocycles. The number of nitrogens with two attached hydrogens (primary N) is 1. The van der Waals surface area contributed by atoms with Gasteiger partial charge in [-0.05, 0) is 12.0 Å². The van der Waals surface area contributed by atoms with Crippen LogP contribution >= 0.6 is 0 Å². The molecule has 126 valence electrons. The van der Waals surface area contributed by atoms with E-state index in [0.717, 1.165) is 29.9 Å². The van der Waals surface area contributed by atoms with E-state index in [9.17, 15) is 4.79 Å². The number of nitrogens with zero attached hydrogens (tertiary/aromatic N) is 5. The van der Waals surface area contributed by atoms with Crippen molar-refractivity contribution in [1.29, 1.82) is 0 Å². The maximum atomic E-state index is 10.5. The van der Waals surface area contributed by atoms with E-state index in [0.29, 0.717) is 38.5 Å². The van der Waals surface area contributed by atoms with Gasteiger partial charge < -0.3 is 20.7 Å². The molecule has 2 aromatic rings. The van der Waals surface area contributed by atoms with Gasteiger partial charge in [0.05, 0.1) is 18.9 Å². The van der Waals surface area contributed by atoms with Crippen LogP contribution in [0.3, 0.4) is 0 Å². The van der Waals surface area contributed by atoms with Crippen molar-refractivity contribution in [2.24, 2.45) is 0 Å². The van der Waals surface area contributed by atoms with Crippen LogP contribution in [-0.2, 0) is 16.0 Å². The molecule has 1 amide bonds. The molecule has 9 nitrogen and oxygen atoms in total. The van der Waals surface area contributed by atoms with Gasteiger partial charge in [-0.15, -0.1) is 0 Å². The summed E-state index contributed by atoms with van der Waals surface area (Å²) in [5, 5.41) is 2.65. The highest BCUT2D eigenvalue weighted by atomic mass is 16.5. The molecule has 1 aliphatic heterocycles. The number of amides is 1. The number of carbonyl (C=O) groups is 1. The van der Waals surface area contributed by atoms with E-state index in [1.807, 2.05) is 0 Å². The topological polar surface area (TPSA) is 119 Å². The molecule has 1 saturated heterocycles. The van der Waals surface area contributed by atoms with Gasteiger partial charge in [0.1, 0.15) is 0 Å². The van der Waals surface area contributed by atoms with Crippen LogP contribution in [-0.4, -0.2) is 59.2 Å². The van der Waals surface area contributed by atoms with Crippen LogP contribution in [0.15, 0.2) is 18.6 Å². The van der Waals surface area contributed by atoms with E-state index in [4.69, 9.17) is 15.5 Å². The fourth-order valence-corrected chi connectivity index (χ4v) is 2.47. The van der Waals surface area contributed by atoms with Crippen LogP contribution < -0.4 is 16.0 Å². The lowest BCUT2D eigenvalue weighted by atomic mass is 10.1. The Labute approximate surface area is 139 Å². The summed E-state index contributed by atoms with van der Waals surface area (Å²) < 4.78 is 5.37. The number of ether oxygens (including phenoxy) is 1. The molecule has 0 atom stereocenters. The fourth-order valence-electron chi connectivity index (χ4n) is 2.47.